The highest BCUT2D eigenvalue weighted by molar-refractivity contribution is 5.82. The van der Waals surface area contributed by atoms with Gasteiger partial charge in [-0.05, 0) is 26.3 Å². The lowest BCUT2D eigenvalue weighted by molar-refractivity contribution is -0.144. The molecule has 0 aromatic rings. The Bertz CT molecular complexity index is 380. The van der Waals surface area contributed by atoms with Gasteiger partial charge in [0, 0.05) is 33.7 Å². The smallest absolute Gasteiger partial charge is 0.239 e. The van der Waals surface area contributed by atoms with Gasteiger partial charge in [0.25, 0.3) is 0 Å². The molecule has 0 aliphatic carbocycles. The summed E-state index contributed by atoms with van der Waals surface area (Å²) in [5.41, 5.74) is 0. The fourth-order valence-electron chi connectivity index (χ4n) is 3.13. The minimum Gasteiger partial charge on any atom is -0.378 e. The van der Waals surface area contributed by atoms with Gasteiger partial charge in [-0.1, -0.05) is 0 Å². The maximum absolute atomic E-state index is 12.6. The van der Waals surface area contributed by atoms with Crippen LogP contribution in [0.25, 0.3) is 0 Å². The number of carbonyl (C=O) groups excluding carboxylic acids is 2. The molecule has 2 rings (SSSR count). The first-order valence-corrected chi connectivity index (χ1v) is 7.82. The number of piperidine rings is 1. The Morgan fingerprint density at radius 2 is 1.86 bits per heavy atom. The molecule has 2 heterocycles. The van der Waals surface area contributed by atoms with Crippen molar-refractivity contribution in [1.29, 1.82) is 0 Å². The molecule has 0 N–H and O–H groups in total. The van der Waals surface area contributed by atoms with Gasteiger partial charge in [-0.3, -0.25) is 14.5 Å². The maximum atomic E-state index is 12.6. The first kappa shape index (κ1) is 16.2. The number of rotatable bonds is 3. The molecule has 6 heteroatoms. The van der Waals surface area contributed by atoms with Crippen LogP contribution in [-0.2, 0) is 14.3 Å². The molecule has 6 nitrogen and oxygen atoms in total. The van der Waals surface area contributed by atoms with E-state index >= 15 is 0 Å². The van der Waals surface area contributed by atoms with Crippen LogP contribution in [0.4, 0.5) is 0 Å². The fraction of sp³-hybridized carbons (Fsp3) is 0.867. The van der Waals surface area contributed by atoms with Crippen LogP contribution in [0.2, 0.25) is 0 Å². The van der Waals surface area contributed by atoms with Gasteiger partial charge in [-0.15, -0.1) is 0 Å². The van der Waals surface area contributed by atoms with E-state index in [0.717, 1.165) is 19.4 Å². The Balaban J connectivity index is 1.93. The standard InChI is InChI=1S/C15H27N3O3/c1-12(14(19)16(2)3)18-6-4-5-13(11-18)15(20)17-7-9-21-10-8-17/h12-13H,4-11H2,1-3H3. The topological polar surface area (TPSA) is 53.1 Å². The van der Waals surface area contributed by atoms with E-state index in [4.69, 9.17) is 4.74 Å². The normalized spacial score (nSPS) is 25.5. The third kappa shape index (κ3) is 3.95. The summed E-state index contributed by atoms with van der Waals surface area (Å²) in [6, 6.07) is -0.153. The minimum atomic E-state index is -0.153. The lowest BCUT2D eigenvalue weighted by Crippen LogP contribution is -2.52. The summed E-state index contributed by atoms with van der Waals surface area (Å²) >= 11 is 0. The first-order valence-electron chi connectivity index (χ1n) is 7.82. The van der Waals surface area contributed by atoms with Crippen molar-refractivity contribution < 1.29 is 14.3 Å². The van der Waals surface area contributed by atoms with Crippen molar-refractivity contribution in [2.24, 2.45) is 5.92 Å². The summed E-state index contributed by atoms with van der Waals surface area (Å²) in [4.78, 5) is 30.3. The Labute approximate surface area is 127 Å². The lowest BCUT2D eigenvalue weighted by atomic mass is 9.95. The quantitative estimate of drug-likeness (QED) is 0.738. The number of likely N-dealkylation sites (tertiary alicyclic amines) is 1. The average molecular weight is 297 g/mol. The molecular weight excluding hydrogens is 270 g/mol. The van der Waals surface area contributed by atoms with Gasteiger partial charge < -0.3 is 14.5 Å². The zero-order valence-electron chi connectivity index (χ0n) is 13.4. The van der Waals surface area contributed by atoms with Gasteiger partial charge in [0.05, 0.1) is 25.2 Å². The number of nitrogens with zero attached hydrogens (tertiary/aromatic N) is 3. The van der Waals surface area contributed by atoms with Gasteiger partial charge >= 0.3 is 0 Å². The number of likely N-dealkylation sites (N-methyl/N-ethyl adjacent to an activating group) is 1. The molecule has 0 spiro atoms. The van der Waals surface area contributed by atoms with E-state index in [1.165, 1.54) is 0 Å². The molecule has 2 aliphatic rings. The van der Waals surface area contributed by atoms with Crippen molar-refractivity contribution in [3.8, 4) is 0 Å². The molecular formula is C15H27N3O3. The zero-order chi connectivity index (χ0) is 15.4. The molecule has 2 unspecified atom stereocenters. The zero-order valence-corrected chi connectivity index (χ0v) is 13.4. The molecule has 2 saturated heterocycles. The highest BCUT2D eigenvalue weighted by Crippen LogP contribution is 2.21. The van der Waals surface area contributed by atoms with E-state index in [1.807, 2.05) is 11.8 Å². The van der Waals surface area contributed by atoms with Crippen LogP contribution in [0.5, 0.6) is 0 Å². The van der Waals surface area contributed by atoms with Crippen LogP contribution >= 0.6 is 0 Å². The van der Waals surface area contributed by atoms with E-state index in [0.29, 0.717) is 32.8 Å². The minimum absolute atomic E-state index is 0.0225. The summed E-state index contributed by atoms with van der Waals surface area (Å²) < 4.78 is 5.30. The molecule has 2 amide bonds. The molecule has 120 valence electrons. The second-order valence-electron chi connectivity index (χ2n) is 6.18. The van der Waals surface area contributed by atoms with Crippen LogP contribution in [-0.4, -0.2) is 86.0 Å². The number of amides is 2. The van der Waals surface area contributed by atoms with E-state index in [9.17, 15) is 9.59 Å². The summed E-state index contributed by atoms with van der Waals surface area (Å²) in [6.45, 7) is 6.19. The molecule has 0 radical (unpaired) electrons. The molecule has 0 bridgehead atoms. The number of hydrogen-bond acceptors (Lipinski definition) is 4. The van der Waals surface area contributed by atoms with Crippen molar-refractivity contribution >= 4 is 11.8 Å². The van der Waals surface area contributed by atoms with E-state index in [1.54, 1.807) is 19.0 Å². The van der Waals surface area contributed by atoms with Gasteiger partial charge in [0.2, 0.25) is 11.8 Å². The van der Waals surface area contributed by atoms with Gasteiger partial charge in [0.1, 0.15) is 0 Å². The highest BCUT2D eigenvalue weighted by atomic mass is 16.5. The van der Waals surface area contributed by atoms with E-state index in [-0.39, 0.29) is 23.8 Å². The van der Waals surface area contributed by atoms with Gasteiger partial charge in [0.15, 0.2) is 0 Å². The third-order valence-corrected chi connectivity index (χ3v) is 4.47. The predicted octanol–water partition coefficient (Wildman–Crippen LogP) is 0.0339. The van der Waals surface area contributed by atoms with Crippen molar-refractivity contribution in [2.75, 3.05) is 53.5 Å². The Morgan fingerprint density at radius 3 is 2.48 bits per heavy atom. The van der Waals surface area contributed by atoms with Gasteiger partial charge in [-0.2, -0.15) is 0 Å². The van der Waals surface area contributed by atoms with E-state index < -0.39 is 0 Å². The van der Waals surface area contributed by atoms with Crippen LogP contribution in [0, 0.1) is 5.92 Å². The largest absolute Gasteiger partial charge is 0.378 e. The van der Waals surface area contributed by atoms with Crippen molar-refractivity contribution in [2.45, 2.75) is 25.8 Å². The van der Waals surface area contributed by atoms with Crippen LogP contribution < -0.4 is 0 Å². The Kier molecular flexibility index (Phi) is 5.58. The molecule has 2 fully saturated rings. The summed E-state index contributed by atoms with van der Waals surface area (Å²) in [7, 11) is 3.55. The fourth-order valence-corrected chi connectivity index (χ4v) is 3.13. The molecule has 2 atom stereocenters. The molecule has 0 aromatic heterocycles. The molecule has 0 saturated carbocycles. The number of hydrogen-bond donors (Lipinski definition) is 0. The van der Waals surface area contributed by atoms with Crippen LogP contribution in [0.15, 0.2) is 0 Å². The highest BCUT2D eigenvalue weighted by Gasteiger charge is 2.33. The van der Waals surface area contributed by atoms with Crippen molar-refractivity contribution in [1.82, 2.24) is 14.7 Å². The number of carbonyl (C=O) groups is 2. The second-order valence-corrected chi connectivity index (χ2v) is 6.18. The molecule has 21 heavy (non-hydrogen) atoms. The summed E-state index contributed by atoms with van der Waals surface area (Å²) in [6.07, 6.45) is 1.90. The van der Waals surface area contributed by atoms with Crippen molar-refractivity contribution in [3.63, 3.8) is 0 Å². The maximum Gasteiger partial charge on any atom is 0.239 e. The Morgan fingerprint density at radius 1 is 1.19 bits per heavy atom. The SMILES string of the molecule is CC(C(=O)N(C)C)N1CCCC(C(=O)N2CCOCC2)C1. The second kappa shape index (κ2) is 7.22. The molecule has 0 aromatic carbocycles. The monoisotopic (exact) mass is 297 g/mol. The first-order chi connectivity index (χ1) is 10.0. The van der Waals surface area contributed by atoms with E-state index in [2.05, 4.69) is 4.90 Å². The predicted molar refractivity (Wildman–Crippen MR) is 79.9 cm³/mol. The number of ether oxygens (including phenoxy) is 1. The summed E-state index contributed by atoms with van der Waals surface area (Å²) in [5, 5.41) is 0. The summed E-state index contributed by atoms with van der Waals surface area (Å²) in [5.74, 6) is 0.358. The van der Waals surface area contributed by atoms with Gasteiger partial charge in [-0.25, -0.2) is 0 Å². The third-order valence-electron chi connectivity index (χ3n) is 4.47. The Hall–Kier alpha value is -1.14. The lowest BCUT2D eigenvalue weighted by Gasteiger charge is -2.38. The molecule has 2 aliphatic heterocycles. The average Bonchev–Trinajstić information content (AvgIpc) is 2.53. The van der Waals surface area contributed by atoms with Crippen molar-refractivity contribution in [3.05, 3.63) is 0 Å². The van der Waals surface area contributed by atoms with Crippen LogP contribution in [0.3, 0.4) is 0 Å². The van der Waals surface area contributed by atoms with Crippen LogP contribution in [0.1, 0.15) is 19.8 Å². The number of morpholine rings is 1.